The van der Waals surface area contributed by atoms with E-state index >= 15 is 0 Å². The molecule has 1 rings (SSSR count). The highest BCUT2D eigenvalue weighted by Gasteiger charge is 2.12. The highest BCUT2D eigenvalue weighted by atomic mass is 35.5. The number of nitrogens with two attached hydrogens (primary N) is 1. The van der Waals surface area contributed by atoms with Gasteiger partial charge in [-0.1, -0.05) is 23.7 Å². The summed E-state index contributed by atoms with van der Waals surface area (Å²) in [7, 11) is 0. The Morgan fingerprint density at radius 1 is 1.64 bits per heavy atom. The van der Waals surface area contributed by atoms with E-state index in [2.05, 4.69) is 12.0 Å². The van der Waals surface area contributed by atoms with Gasteiger partial charge in [0.15, 0.2) is 0 Å². The molecule has 0 amide bonds. The minimum absolute atomic E-state index is 0.259. The van der Waals surface area contributed by atoms with Crippen LogP contribution in [0, 0.1) is 5.82 Å². The van der Waals surface area contributed by atoms with E-state index in [1.165, 1.54) is 6.07 Å². The lowest BCUT2D eigenvalue weighted by Gasteiger charge is -2.14. The van der Waals surface area contributed by atoms with Gasteiger partial charge in [0.1, 0.15) is 5.82 Å². The lowest BCUT2D eigenvalue weighted by molar-refractivity contribution is 0.517. The number of hydrogen-bond donors (Lipinski definition) is 2. The second-order valence-corrected chi connectivity index (χ2v) is 3.35. The van der Waals surface area contributed by atoms with E-state index < -0.39 is 0 Å². The molecule has 0 aliphatic rings. The maximum absolute atomic E-state index is 13.4. The third kappa shape index (κ3) is 2.54. The van der Waals surface area contributed by atoms with Gasteiger partial charge in [-0.05, 0) is 18.6 Å². The molecule has 0 heterocycles. The van der Waals surface area contributed by atoms with Crippen LogP contribution in [0.5, 0.6) is 0 Å². The molecule has 0 aliphatic carbocycles. The monoisotopic (exact) mass is 214 g/mol. The smallest absolute Gasteiger partial charge is 0.129 e. The van der Waals surface area contributed by atoms with E-state index in [-0.39, 0.29) is 11.9 Å². The van der Waals surface area contributed by atoms with Crippen LogP contribution >= 0.6 is 11.6 Å². The molecule has 4 heteroatoms. The minimum atomic E-state index is -0.359. The van der Waals surface area contributed by atoms with E-state index in [9.17, 15) is 4.39 Å². The normalized spacial score (nSPS) is 12.5. The first-order valence-electron chi connectivity index (χ1n) is 4.21. The first-order valence-corrected chi connectivity index (χ1v) is 4.58. The van der Waals surface area contributed by atoms with Crippen LogP contribution in [0.1, 0.15) is 18.0 Å². The van der Waals surface area contributed by atoms with Gasteiger partial charge in [0, 0.05) is 10.6 Å². The fraction of sp³-hybridized carbons (Fsp3) is 0.200. The highest BCUT2D eigenvalue weighted by molar-refractivity contribution is 6.30. The quantitative estimate of drug-likeness (QED) is 0.459. The van der Waals surface area contributed by atoms with Crippen molar-refractivity contribution in [3.8, 4) is 0 Å². The van der Waals surface area contributed by atoms with Gasteiger partial charge in [-0.15, -0.1) is 6.58 Å². The van der Waals surface area contributed by atoms with Gasteiger partial charge in [-0.2, -0.15) is 0 Å². The van der Waals surface area contributed by atoms with E-state index in [0.29, 0.717) is 17.0 Å². The summed E-state index contributed by atoms with van der Waals surface area (Å²) in [5.41, 5.74) is 3.02. The zero-order valence-corrected chi connectivity index (χ0v) is 8.39. The summed E-state index contributed by atoms with van der Waals surface area (Å²) in [6, 6.07) is 4.26. The summed E-state index contributed by atoms with van der Waals surface area (Å²) in [6.45, 7) is 3.58. The van der Waals surface area contributed by atoms with Crippen LogP contribution < -0.4 is 11.3 Å². The molecular formula is C10H12ClFN2. The SMILES string of the molecule is C=CCC(NN)c1ccc(Cl)cc1F. The number of rotatable bonds is 4. The van der Waals surface area contributed by atoms with Crippen LogP contribution in [-0.4, -0.2) is 0 Å². The van der Waals surface area contributed by atoms with E-state index in [1.54, 1.807) is 18.2 Å². The summed E-state index contributed by atoms with van der Waals surface area (Å²) in [4.78, 5) is 0. The molecule has 1 atom stereocenters. The molecule has 0 spiro atoms. The molecule has 76 valence electrons. The van der Waals surface area contributed by atoms with Crippen molar-refractivity contribution in [1.82, 2.24) is 5.43 Å². The van der Waals surface area contributed by atoms with Crippen molar-refractivity contribution in [2.24, 2.45) is 5.84 Å². The zero-order chi connectivity index (χ0) is 10.6. The summed E-state index contributed by atoms with van der Waals surface area (Å²) in [5, 5.41) is 0.376. The van der Waals surface area contributed by atoms with Crippen LogP contribution in [0.2, 0.25) is 5.02 Å². The van der Waals surface area contributed by atoms with E-state index in [4.69, 9.17) is 17.4 Å². The van der Waals surface area contributed by atoms with Crippen molar-refractivity contribution in [2.75, 3.05) is 0 Å². The highest BCUT2D eigenvalue weighted by Crippen LogP contribution is 2.22. The van der Waals surface area contributed by atoms with Crippen LogP contribution in [0.4, 0.5) is 4.39 Å². The standard InChI is InChI=1S/C10H12ClFN2/c1-2-3-10(14-13)8-5-4-7(11)6-9(8)12/h2,4-6,10,14H,1,3,13H2. The van der Waals surface area contributed by atoms with Crippen molar-refractivity contribution in [1.29, 1.82) is 0 Å². The Labute approximate surface area is 87.5 Å². The molecule has 1 unspecified atom stereocenters. The molecule has 0 saturated heterocycles. The fourth-order valence-electron chi connectivity index (χ4n) is 1.24. The number of halogens is 2. The molecule has 0 bridgehead atoms. The third-order valence-corrected chi connectivity index (χ3v) is 2.18. The van der Waals surface area contributed by atoms with Crippen molar-refractivity contribution < 1.29 is 4.39 Å². The van der Waals surface area contributed by atoms with Gasteiger partial charge >= 0.3 is 0 Å². The van der Waals surface area contributed by atoms with Crippen LogP contribution in [0.3, 0.4) is 0 Å². The second-order valence-electron chi connectivity index (χ2n) is 2.91. The molecule has 1 aromatic carbocycles. The molecule has 0 aliphatic heterocycles. The first-order chi connectivity index (χ1) is 6.69. The third-order valence-electron chi connectivity index (χ3n) is 1.94. The largest absolute Gasteiger partial charge is 0.271 e. The zero-order valence-electron chi connectivity index (χ0n) is 7.63. The molecule has 0 radical (unpaired) electrons. The molecule has 0 aromatic heterocycles. The van der Waals surface area contributed by atoms with Gasteiger partial charge in [0.05, 0.1) is 6.04 Å². The molecule has 2 nitrogen and oxygen atoms in total. The Morgan fingerprint density at radius 3 is 2.86 bits per heavy atom. The number of hydrogen-bond acceptors (Lipinski definition) is 2. The Hall–Kier alpha value is -0.900. The summed E-state index contributed by atoms with van der Waals surface area (Å²) in [5.74, 6) is 4.94. The maximum Gasteiger partial charge on any atom is 0.129 e. The van der Waals surface area contributed by atoms with Gasteiger partial charge in [-0.25, -0.2) is 4.39 Å². The molecule has 0 saturated carbocycles. The average Bonchev–Trinajstić information content (AvgIpc) is 2.15. The number of nitrogens with one attached hydrogen (secondary N) is 1. The molecule has 1 aromatic rings. The van der Waals surface area contributed by atoms with Crippen LogP contribution in [0.15, 0.2) is 30.9 Å². The second kappa shape index (κ2) is 5.10. The summed E-state index contributed by atoms with van der Waals surface area (Å²) >= 11 is 5.63. The minimum Gasteiger partial charge on any atom is -0.271 e. The predicted octanol–water partition coefficient (Wildman–Crippen LogP) is 2.56. The number of hydrazine groups is 1. The molecule has 0 fully saturated rings. The first kappa shape index (κ1) is 11.2. The topological polar surface area (TPSA) is 38.0 Å². The van der Waals surface area contributed by atoms with Gasteiger partial charge in [0.2, 0.25) is 0 Å². The van der Waals surface area contributed by atoms with Gasteiger partial charge < -0.3 is 0 Å². The number of benzene rings is 1. The van der Waals surface area contributed by atoms with Crippen molar-refractivity contribution in [2.45, 2.75) is 12.5 Å². The van der Waals surface area contributed by atoms with E-state index in [1.807, 2.05) is 0 Å². The Bertz CT molecular complexity index is 328. The van der Waals surface area contributed by atoms with Crippen molar-refractivity contribution in [3.63, 3.8) is 0 Å². The lowest BCUT2D eigenvalue weighted by Crippen LogP contribution is -2.28. The van der Waals surface area contributed by atoms with E-state index in [0.717, 1.165) is 0 Å². The fourth-order valence-corrected chi connectivity index (χ4v) is 1.39. The van der Waals surface area contributed by atoms with Crippen molar-refractivity contribution >= 4 is 11.6 Å². The average molecular weight is 215 g/mol. The Kier molecular flexibility index (Phi) is 4.07. The summed E-state index contributed by atoms with van der Waals surface area (Å²) in [6.07, 6.45) is 2.24. The van der Waals surface area contributed by atoms with Gasteiger partial charge in [-0.3, -0.25) is 11.3 Å². The molecule has 3 N–H and O–H groups in total. The predicted molar refractivity (Wildman–Crippen MR) is 56.3 cm³/mol. The van der Waals surface area contributed by atoms with Gasteiger partial charge in [0.25, 0.3) is 0 Å². The van der Waals surface area contributed by atoms with Crippen molar-refractivity contribution in [3.05, 3.63) is 47.3 Å². The Balaban J connectivity index is 2.97. The molecular weight excluding hydrogens is 203 g/mol. The summed E-state index contributed by atoms with van der Waals surface area (Å²) < 4.78 is 13.4. The molecule has 14 heavy (non-hydrogen) atoms. The Morgan fingerprint density at radius 2 is 2.36 bits per heavy atom. The maximum atomic E-state index is 13.4. The van der Waals surface area contributed by atoms with Crippen LogP contribution in [0.25, 0.3) is 0 Å². The van der Waals surface area contributed by atoms with Crippen LogP contribution in [-0.2, 0) is 0 Å². The lowest BCUT2D eigenvalue weighted by atomic mass is 10.0.